The van der Waals surface area contributed by atoms with E-state index in [1.54, 1.807) is 11.0 Å². The van der Waals surface area contributed by atoms with Crippen molar-refractivity contribution < 1.29 is 29.0 Å². The molecule has 0 aliphatic carbocycles. The second kappa shape index (κ2) is 10.5. The fourth-order valence-electron chi connectivity index (χ4n) is 3.48. The van der Waals surface area contributed by atoms with Crippen molar-refractivity contribution in [3.63, 3.8) is 0 Å². The summed E-state index contributed by atoms with van der Waals surface area (Å²) < 4.78 is 10.2. The SMILES string of the molecule is COC(=O)c1cccc(NC(=O)C2CCN(C(=O)CCOc3ccccc3)CC2)c1O. The molecule has 0 spiro atoms. The van der Waals surface area contributed by atoms with Crippen LogP contribution in [0.3, 0.4) is 0 Å². The summed E-state index contributed by atoms with van der Waals surface area (Å²) in [5.41, 5.74) is 0.142. The maximum Gasteiger partial charge on any atom is 0.341 e. The lowest BCUT2D eigenvalue weighted by atomic mass is 9.95. The predicted molar refractivity (Wildman–Crippen MR) is 114 cm³/mol. The van der Waals surface area contributed by atoms with Crippen LogP contribution < -0.4 is 10.1 Å². The molecule has 2 amide bonds. The third kappa shape index (κ3) is 5.75. The fourth-order valence-corrected chi connectivity index (χ4v) is 3.48. The van der Waals surface area contributed by atoms with Gasteiger partial charge in [-0.05, 0) is 37.1 Å². The molecular weight excluding hydrogens is 400 g/mol. The summed E-state index contributed by atoms with van der Waals surface area (Å²) in [5.74, 6) is -0.823. The predicted octanol–water partition coefficient (Wildman–Crippen LogP) is 2.83. The largest absolute Gasteiger partial charge is 0.505 e. The molecule has 1 aliphatic rings. The molecule has 164 valence electrons. The first kappa shape index (κ1) is 22.1. The maximum absolute atomic E-state index is 12.6. The molecule has 1 saturated heterocycles. The number of likely N-dealkylation sites (tertiary alicyclic amines) is 1. The van der Waals surface area contributed by atoms with E-state index >= 15 is 0 Å². The van der Waals surface area contributed by atoms with Crippen LogP contribution >= 0.6 is 0 Å². The van der Waals surface area contributed by atoms with Gasteiger partial charge < -0.3 is 24.8 Å². The molecule has 0 aromatic heterocycles. The number of nitrogens with one attached hydrogen (secondary N) is 1. The topological polar surface area (TPSA) is 105 Å². The van der Waals surface area contributed by atoms with Crippen LogP contribution in [0.1, 0.15) is 29.6 Å². The van der Waals surface area contributed by atoms with Gasteiger partial charge in [-0.2, -0.15) is 0 Å². The van der Waals surface area contributed by atoms with E-state index in [1.165, 1.54) is 19.2 Å². The monoisotopic (exact) mass is 426 g/mol. The molecule has 2 N–H and O–H groups in total. The van der Waals surface area contributed by atoms with Crippen molar-refractivity contribution in [2.24, 2.45) is 5.92 Å². The second-order valence-corrected chi connectivity index (χ2v) is 7.25. The first-order valence-electron chi connectivity index (χ1n) is 10.2. The Morgan fingerprint density at radius 1 is 1.06 bits per heavy atom. The van der Waals surface area contributed by atoms with Crippen LogP contribution in [-0.4, -0.2) is 54.6 Å². The quantitative estimate of drug-likeness (QED) is 0.521. The van der Waals surface area contributed by atoms with Crippen LogP contribution in [0.25, 0.3) is 0 Å². The molecule has 3 rings (SSSR count). The number of methoxy groups -OCH3 is 1. The third-order valence-corrected chi connectivity index (χ3v) is 5.25. The third-order valence-electron chi connectivity index (χ3n) is 5.25. The standard InChI is InChI=1S/C23H26N2O6/c1-30-23(29)18-8-5-9-19(21(18)27)24-22(28)16-10-13-25(14-11-16)20(26)12-15-31-17-6-3-2-4-7-17/h2-9,16,27H,10-15H2,1H3,(H,24,28). The summed E-state index contributed by atoms with van der Waals surface area (Å²) in [6.07, 6.45) is 1.32. The number of carbonyl (C=O) groups excluding carboxylic acids is 3. The Labute approximate surface area is 180 Å². The lowest BCUT2D eigenvalue weighted by Crippen LogP contribution is -2.41. The van der Waals surface area contributed by atoms with Gasteiger partial charge in [0.05, 0.1) is 25.8 Å². The average Bonchev–Trinajstić information content (AvgIpc) is 2.80. The van der Waals surface area contributed by atoms with Gasteiger partial charge >= 0.3 is 5.97 Å². The normalized spacial score (nSPS) is 14.0. The highest BCUT2D eigenvalue weighted by molar-refractivity contribution is 5.99. The van der Waals surface area contributed by atoms with Gasteiger partial charge in [0.2, 0.25) is 11.8 Å². The Bertz CT molecular complexity index is 923. The Balaban J connectivity index is 1.46. The van der Waals surface area contributed by atoms with Crippen molar-refractivity contribution in [1.29, 1.82) is 0 Å². The van der Waals surface area contributed by atoms with Crippen molar-refractivity contribution >= 4 is 23.5 Å². The van der Waals surface area contributed by atoms with Gasteiger partial charge in [0.15, 0.2) is 5.75 Å². The Kier molecular flexibility index (Phi) is 7.48. The lowest BCUT2D eigenvalue weighted by Gasteiger charge is -2.31. The van der Waals surface area contributed by atoms with E-state index in [9.17, 15) is 19.5 Å². The molecule has 31 heavy (non-hydrogen) atoms. The van der Waals surface area contributed by atoms with Crippen LogP contribution in [0.2, 0.25) is 0 Å². The van der Waals surface area contributed by atoms with Crippen LogP contribution in [0.15, 0.2) is 48.5 Å². The molecule has 2 aromatic rings. The molecule has 0 atom stereocenters. The number of ether oxygens (including phenoxy) is 2. The van der Waals surface area contributed by atoms with E-state index in [-0.39, 0.29) is 41.2 Å². The van der Waals surface area contributed by atoms with Gasteiger partial charge in [-0.15, -0.1) is 0 Å². The molecule has 8 nitrogen and oxygen atoms in total. The summed E-state index contributed by atoms with van der Waals surface area (Å²) in [7, 11) is 1.22. The second-order valence-electron chi connectivity index (χ2n) is 7.25. The van der Waals surface area contributed by atoms with Gasteiger partial charge in [-0.1, -0.05) is 24.3 Å². The van der Waals surface area contributed by atoms with Gasteiger partial charge in [0, 0.05) is 19.0 Å². The van der Waals surface area contributed by atoms with E-state index in [0.717, 1.165) is 5.75 Å². The van der Waals surface area contributed by atoms with Crippen molar-refractivity contribution in [3.05, 3.63) is 54.1 Å². The number of esters is 1. The zero-order chi connectivity index (χ0) is 22.2. The molecule has 0 unspecified atom stereocenters. The number of hydrogen-bond acceptors (Lipinski definition) is 6. The number of anilines is 1. The summed E-state index contributed by atoms with van der Waals surface area (Å²) in [5, 5.41) is 12.9. The molecule has 1 heterocycles. The van der Waals surface area contributed by atoms with Crippen LogP contribution in [0.4, 0.5) is 5.69 Å². The zero-order valence-corrected chi connectivity index (χ0v) is 17.4. The number of para-hydroxylation sites is 2. The number of amides is 2. The number of benzene rings is 2. The molecule has 2 aromatic carbocycles. The van der Waals surface area contributed by atoms with Crippen molar-refractivity contribution in [2.45, 2.75) is 19.3 Å². The first-order valence-corrected chi connectivity index (χ1v) is 10.2. The van der Waals surface area contributed by atoms with Gasteiger partial charge in [-0.3, -0.25) is 9.59 Å². The summed E-state index contributed by atoms with van der Waals surface area (Å²) >= 11 is 0. The van der Waals surface area contributed by atoms with E-state index in [1.807, 2.05) is 30.3 Å². The maximum atomic E-state index is 12.6. The van der Waals surface area contributed by atoms with Crippen molar-refractivity contribution in [3.8, 4) is 11.5 Å². The van der Waals surface area contributed by atoms with E-state index < -0.39 is 5.97 Å². The number of phenolic OH excluding ortho intramolecular Hbond substituents is 1. The molecule has 0 bridgehead atoms. The average molecular weight is 426 g/mol. The minimum Gasteiger partial charge on any atom is -0.505 e. The molecular formula is C23H26N2O6. The molecule has 1 fully saturated rings. The number of rotatable bonds is 7. The number of hydrogen-bond donors (Lipinski definition) is 2. The van der Waals surface area contributed by atoms with Crippen LogP contribution in [-0.2, 0) is 14.3 Å². The first-order chi connectivity index (χ1) is 15.0. The summed E-state index contributed by atoms with van der Waals surface area (Å²) in [6, 6.07) is 13.8. The smallest absolute Gasteiger partial charge is 0.341 e. The Hall–Kier alpha value is -3.55. The van der Waals surface area contributed by atoms with Gasteiger partial charge in [0.1, 0.15) is 11.3 Å². The van der Waals surface area contributed by atoms with Crippen molar-refractivity contribution in [1.82, 2.24) is 4.90 Å². The number of aromatic hydroxyl groups is 1. The number of nitrogens with zero attached hydrogens (tertiary/aromatic N) is 1. The van der Waals surface area contributed by atoms with Gasteiger partial charge in [0.25, 0.3) is 0 Å². The summed E-state index contributed by atoms with van der Waals surface area (Å²) in [4.78, 5) is 38.4. The zero-order valence-electron chi connectivity index (χ0n) is 17.4. The Morgan fingerprint density at radius 3 is 2.45 bits per heavy atom. The van der Waals surface area contributed by atoms with E-state index in [2.05, 4.69) is 10.1 Å². The minimum absolute atomic E-state index is 0.00165. The Morgan fingerprint density at radius 2 is 1.77 bits per heavy atom. The van der Waals surface area contributed by atoms with E-state index in [4.69, 9.17) is 4.74 Å². The number of piperidine rings is 1. The van der Waals surface area contributed by atoms with Gasteiger partial charge in [-0.25, -0.2) is 4.79 Å². The van der Waals surface area contributed by atoms with Crippen LogP contribution in [0.5, 0.6) is 11.5 Å². The number of phenols is 1. The minimum atomic E-state index is -0.684. The molecule has 1 aliphatic heterocycles. The molecule has 0 saturated carbocycles. The lowest BCUT2D eigenvalue weighted by molar-refractivity contribution is -0.135. The fraction of sp³-hybridized carbons (Fsp3) is 0.348. The van der Waals surface area contributed by atoms with Crippen molar-refractivity contribution in [2.75, 3.05) is 32.1 Å². The summed E-state index contributed by atoms with van der Waals surface area (Å²) in [6.45, 7) is 1.27. The highest BCUT2D eigenvalue weighted by Crippen LogP contribution is 2.29. The van der Waals surface area contributed by atoms with Crippen LogP contribution in [0, 0.1) is 5.92 Å². The highest BCUT2D eigenvalue weighted by atomic mass is 16.5. The highest BCUT2D eigenvalue weighted by Gasteiger charge is 2.28. The molecule has 8 heteroatoms. The molecule has 0 radical (unpaired) electrons. The number of carbonyl (C=O) groups is 3. The van der Waals surface area contributed by atoms with E-state index in [0.29, 0.717) is 32.5 Å².